The predicted octanol–water partition coefficient (Wildman–Crippen LogP) is 5.02. The molecule has 0 heterocycles. The number of ketones is 1. The van der Waals surface area contributed by atoms with Crippen molar-refractivity contribution in [2.45, 2.75) is 96.7 Å². The fraction of sp³-hybridized carbons (Fsp3) is 0.941. The van der Waals surface area contributed by atoms with Gasteiger partial charge in [-0.2, -0.15) is 0 Å². The highest BCUT2D eigenvalue weighted by Gasteiger charge is 2.12. The summed E-state index contributed by atoms with van der Waals surface area (Å²) in [5.74, 6) is 0.916. The van der Waals surface area contributed by atoms with Gasteiger partial charge in [-0.3, -0.25) is 9.00 Å². The summed E-state index contributed by atoms with van der Waals surface area (Å²) in [7, 11) is -0.819. The zero-order valence-electron chi connectivity index (χ0n) is 13.8. The fourth-order valence-corrected chi connectivity index (χ4v) is 3.74. The van der Waals surface area contributed by atoms with Crippen molar-refractivity contribution in [1.29, 1.82) is 0 Å². The van der Waals surface area contributed by atoms with Crippen molar-refractivity contribution in [3.05, 3.63) is 0 Å². The molecule has 0 radical (unpaired) electrons. The van der Waals surface area contributed by atoms with Crippen LogP contribution >= 0.6 is 0 Å². The minimum Gasteiger partial charge on any atom is -0.300 e. The van der Waals surface area contributed by atoms with Crippen molar-refractivity contribution in [1.82, 2.24) is 0 Å². The Morgan fingerprint density at radius 2 is 1.35 bits per heavy atom. The lowest BCUT2D eigenvalue weighted by atomic mass is 10.1. The van der Waals surface area contributed by atoms with Crippen LogP contribution in [0.4, 0.5) is 0 Å². The molecule has 0 rings (SSSR count). The minimum absolute atomic E-state index is 0.0334. The number of Topliss-reactive ketones (excluding diaryl/α,β-unsaturated/α-hetero) is 1. The molecule has 0 saturated heterocycles. The molecule has 0 saturated carbocycles. The van der Waals surface area contributed by atoms with Crippen LogP contribution < -0.4 is 0 Å². The van der Waals surface area contributed by atoms with Gasteiger partial charge in [0.25, 0.3) is 0 Å². The third-order valence-electron chi connectivity index (χ3n) is 3.72. The molecule has 0 aromatic heterocycles. The van der Waals surface area contributed by atoms with Crippen LogP contribution in [0.3, 0.4) is 0 Å². The van der Waals surface area contributed by atoms with Crippen molar-refractivity contribution < 1.29 is 9.00 Å². The van der Waals surface area contributed by atoms with E-state index in [1.165, 1.54) is 57.8 Å². The van der Waals surface area contributed by atoms with E-state index in [1.807, 2.05) is 6.92 Å². The number of carbonyl (C=O) groups excluding carboxylic acids is 1. The minimum atomic E-state index is -0.819. The summed E-state index contributed by atoms with van der Waals surface area (Å²) in [4.78, 5) is 11.0. The Hall–Kier alpha value is -0.180. The molecule has 0 bridgehead atoms. The molecule has 2 atom stereocenters. The van der Waals surface area contributed by atoms with Gasteiger partial charge in [-0.1, -0.05) is 71.6 Å². The van der Waals surface area contributed by atoms with Gasteiger partial charge >= 0.3 is 0 Å². The topological polar surface area (TPSA) is 34.1 Å². The second kappa shape index (κ2) is 13.8. The third-order valence-corrected chi connectivity index (χ3v) is 5.48. The van der Waals surface area contributed by atoms with Gasteiger partial charge in [0, 0.05) is 28.2 Å². The van der Waals surface area contributed by atoms with E-state index in [0.717, 1.165) is 12.2 Å². The Morgan fingerprint density at radius 3 is 1.80 bits per heavy atom. The Balaban J connectivity index is 3.31. The first-order valence-corrected chi connectivity index (χ1v) is 9.82. The zero-order chi connectivity index (χ0) is 15.2. The quantitative estimate of drug-likeness (QED) is 0.422. The lowest BCUT2D eigenvalue weighted by molar-refractivity contribution is -0.116. The van der Waals surface area contributed by atoms with Crippen molar-refractivity contribution in [3.8, 4) is 0 Å². The van der Waals surface area contributed by atoms with E-state index in [-0.39, 0.29) is 11.0 Å². The number of hydrogen-bond acceptors (Lipinski definition) is 2. The molecule has 0 fully saturated rings. The molecule has 0 aliphatic rings. The molecule has 0 aliphatic carbocycles. The van der Waals surface area contributed by atoms with Crippen molar-refractivity contribution >= 4 is 16.6 Å². The first kappa shape index (κ1) is 19.8. The van der Waals surface area contributed by atoms with Gasteiger partial charge in [0.15, 0.2) is 0 Å². The van der Waals surface area contributed by atoms with E-state index in [2.05, 4.69) is 6.92 Å². The Morgan fingerprint density at radius 1 is 0.900 bits per heavy atom. The fourth-order valence-electron chi connectivity index (χ4n) is 2.43. The highest BCUT2D eigenvalue weighted by atomic mass is 32.2. The number of rotatable bonds is 14. The van der Waals surface area contributed by atoms with Crippen LogP contribution in [0.25, 0.3) is 0 Å². The van der Waals surface area contributed by atoms with Crippen LogP contribution in [0.2, 0.25) is 0 Å². The second-order valence-electron chi connectivity index (χ2n) is 5.98. The summed E-state index contributed by atoms with van der Waals surface area (Å²) >= 11 is 0. The molecule has 0 aliphatic heterocycles. The average molecular weight is 303 g/mol. The predicted molar refractivity (Wildman–Crippen MR) is 89.6 cm³/mol. The van der Waals surface area contributed by atoms with Crippen LogP contribution in [0.1, 0.15) is 91.4 Å². The van der Waals surface area contributed by atoms with E-state index < -0.39 is 10.8 Å². The Kier molecular flexibility index (Phi) is 13.7. The first-order chi connectivity index (χ1) is 9.57. The van der Waals surface area contributed by atoms with E-state index in [0.29, 0.717) is 6.42 Å². The van der Waals surface area contributed by atoms with Gasteiger partial charge in [0.1, 0.15) is 5.78 Å². The van der Waals surface area contributed by atoms with Crippen molar-refractivity contribution in [2.24, 2.45) is 0 Å². The molecule has 0 amide bonds. The molecule has 3 heteroatoms. The highest BCUT2D eigenvalue weighted by Crippen LogP contribution is 2.11. The molecular weight excluding hydrogens is 268 g/mol. The summed E-state index contributed by atoms with van der Waals surface area (Å²) in [6, 6.07) is 0. The van der Waals surface area contributed by atoms with Gasteiger partial charge in [-0.15, -0.1) is 0 Å². The zero-order valence-corrected chi connectivity index (χ0v) is 14.6. The monoisotopic (exact) mass is 302 g/mol. The maximum atomic E-state index is 11.9. The summed E-state index contributed by atoms with van der Waals surface area (Å²) in [6.07, 6.45) is 13.5. The molecule has 120 valence electrons. The van der Waals surface area contributed by atoms with Crippen LogP contribution in [-0.4, -0.2) is 21.0 Å². The molecule has 2 unspecified atom stereocenters. The first-order valence-electron chi connectivity index (χ1n) is 8.44. The molecular formula is C17H34O2S. The molecule has 0 aromatic rings. The maximum Gasteiger partial charge on any atom is 0.131 e. The molecule has 2 nitrogen and oxygen atoms in total. The SMILES string of the molecule is CCCCCCCCCCCCS(=O)C(C)CC(C)=O. The number of unbranched alkanes of at least 4 members (excludes halogenated alkanes) is 9. The van der Waals surface area contributed by atoms with Crippen LogP contribution in [0.15, 0.2) is 0 Å². The van der Waals surface area contributed by atoms with Crippen LogP contribution in [0, 0.1) is 0 Å². The van der Waals surface area contributed by atoms with E-state index >= 15 is 0 Å². The average Bonchev–Trinajstić information content (AvgIpc) is 2.39. The summed E-state index contributed by atoms with van der Waals surface area (Å²) in [6.45, 7) is 5.75. The lowest BCUT2D eigenvalue weighted by Crippen LogP contribution is -2.17. The summed E-state index contributed by atoms with van der Waals surface area (Å²) in [5.41, 5.74) is 0. The van der Waals surface area contributed by atoms with E-state index in [1.54, 1.807) is 6.92 Å². The van der Waals surface area contributed by atoms with Gasteiger partial charge in [-0.25, -0.2) is 0 Å². The van der Waals surface area contributed by atoms with E-state index in [4.69, 9.17) is 0 Å². The van der Waals surface area contributed by atoms with E-state index in [9.17, 15) is 9.00 Å². The number of carbonyl (C=O) groups is 1. The van der Waals surface area contributed by atoms with Gasteiger partial charge in [0.2, 0.25) is 0 Å². The standard InChI is InChI=1S/C17H34O2S/c1-4-5-6-7-8-9-10-11-12-13-14-20(19)17(3)15-16(2)18/h17H,4-15H2,1-3H3. The van der Waals surface area contributed by atoms with Gasteiger partial charge < -0.3 is 0 Å². The summed E-state index contributed by atoms with van der Waals surface area (Å²) in [5, 5.41) is 0.0334. The second-order valence-corrected chi connectivity index (χ2v) is 7.96. The Labute approximate surface area is 128 Å². The molecule has 0 N–H and O–H groups in total. The largest absolute Gasteiger partial charge is 0.300 e. The molecule has 0 spiro atoms. The van der Waals surface area contributed by atoms with Crippen LogP contribution in [0.5, 0.6) is 0 Å². The number of hydrogen-bond donors (Lipinski definition) is 0. The normalized spacial score (nSPS) is 14.2. The highest BCUT2D eigenvalue weighted by molar-refractivity contribution is 7.85. The molecule has 20 heavy (non-hydrogen) atoms. The summed E-state index contributed by atoms with van der Waals surface area (Å²) < 4.78 is 11.9. The maximum absolute atomic E-state index is 11.9. The molecule has 0 aromatic carbocycles. The van der Waals surface area contributed by atoms with Crippen molar-refractivity contribution in [2.75, 3.05) is 5.75 Å². The third kappa shape index (κ3) is 12.8. The van der Waals surface area contributed by atoms with Gasteiger partial charge in [-0.05, 0) is 13.3 Å². The lowest BCUT2D eigenvalue weighted by Gasteiger charge is -2.09. The smallest absolute Gasteiger partial charge is 0.131 e. The van der Waals surface area contributed by atoms with Crippen LogP contribution in [-0.2, 0) is 15.6 Å². The van der Waals surface area contributed by atoms with Gasteiger partial charge in [0.05, 0.1) is 0 Å². The van der Waals surface area contributed by atoms with Crippen molar-refractivity contribution in [3.63, 3.8) is 0 Å². The Bertz CT molecular complexity index is 264.